The van der Waals surface area contributed by atoms with Crippen LogP contribution in [0.5, 0.6) is 0 Å². The van der Waals surface area contributed by atoms with Crippen LogP contribution in [-0.2, 0) is 9.53 Å². The van der Waals surface area contributed by atoms with Gasteiger partial charge >= 0.3 is 5.97 Å². The molecule has 2 heterocycles. The van der Waals surface area contributed by atoms with Crippen molar-refractivity contribution in [2.45, 2.75) is 32.6 Å². The first kappa shape index (κ1) is 13.8. The first-order chi connectivity index (χ1) is 8.60. The Bertz CT molecular complexity index is 280. The van der Waals surface area contributed by atoms with E-state index in [0.717, 1.165) is 51.9 Å². The lowest BCUT2D eigenvalue weighted by molar-refractivity contribution is -0.158. The molecule has 1 N–H and O–H groups in total. The van der Waals surface area contributed by atoms with Gasteiger partial charge in [-0.1, -0.05) is 0 Å². The van der Waals surface area contributed by atoms with Crippen LogP contribution in [0, 0.1) is 11.3 Å². The van der Waals surface area contributed by atoms with Gasteiger partial charge in [0.2, 0.25) is 0 Å². The van der Waals surface area contributed by atoms with Crippen molar-refractivity contribution in [2.24, 2.45) is 11.3 Å². The van der Waals surface area contributed by atoms with Crippen LogP contribution >= 0.6 is 0 Å². The van der Waals surface area contributed by atoms with Gasteiger partial charge in [-0.15, -0.1) is 0 Å². The minimum Gasteiger partial charge on any atom is -0.465 e. The number of hydrogen-bond acceptors (Lipinski definition) is 4. The molecule has 0 aromatic carbocycles. The molecule has 104 valence electrons. The molecule has 18 heavy (non-hydrogen) atoms. The summed E-state index contributed by atoms with van der Waals surface area (Å²) in [6.45, 7) is 6.78. The van der Waals surface area contributed by atoms with Crippen LogP contribution in [-0.4, -0.2) is 50.7 Å². The zero-order valence-electron chi connectivity index (χ0n) is 11.7. The van der Waals surface area contributed by atoms with Crippen molar-refractivity contribution >= 4 is 5.97 Å². The fraction of sp³-hybridized carbons (Fsp3) is 0.929. The van der Waals surface area contributed by atoms with Crippen LogP contribution in [0.25, 0.3) is 0 Å². The van der Waals surface area contributed by atoms with E-state index in [-0.39, 0.29) is 11.4 Å². The lowest BCUT2D eigenvalue weighted by Gasteiger charge is -2.33. The van der Waals surface area contributed by atoms with Gasteiger partial charge < -0.3 is 15.0 Å². The van der Waals surface area contributed by atoms with E-state index >= 15 is 0 Å². The fourth-order valence-corrected chi connectivity index (χ4v) is 2.78. The molecule has 0 aliphatic carbocycles. The number of likely N-dealkylation sites (tertiary alicyclic amines) is 1. The molecule has 0 spiro atoms. The average molecular weight is 254 g/mol. The normalized spacial score (nSPS) is 25.9. The van der Waals surface area contributed by atoms with E-state index in [4.69, 9.17) is 4.74 Å². The molecule has 2 aliphatic rings. The van der Waals surface area contributed by atoms with Crippen LogP contribution in [0.3, 0.4) is 0 Å². The highest BCUT2D eigenvalue weighted by Crippen LogP contribution is 2.30. The topological polar surface area (TPSA) is 41.6 Å². The lowest BCUT2D eigenvalue weighted by atomic mass is 9.81. The first-order valence-electron chi connectivity index (χ1n) is 7.17. The van der Waals surface area contributed by atoms with Crippen LogP contribution in [0.15, 0.2) is 0 Å². The van der Waals surface area contributed by atoms with Gasteiger partial charge in [-0.25, -0.2) is 0 Å². The molecule has 0 aromatic rings. The number of carbonyl (C=O) groups is 1. The van der Waals surface area contributed by atoms with Gasteiger partial charge in [0.05, 0.1) is 12.0 Å². The summed E-state index contributed by atoms with van der Waals surface area (Å²) in [4.78, 5) is 14.5. The van der Waals surface area contributed by atoms with Gasteiger partial charge in [-0.3, -0.25) is 4.79 Å². The smallest absolute Gasteiger partial charge is 0.311 e. The standard InChI is InChI=1S/C14H26N2O2/c1-14(5-7-15-8-6-14)13(17)18-11-12-3-9-16(2)10-4-12/h12,15H,3-11H2,1-2H3. The minimum atomic E-state index is -0.253. The Hall–Kier alpha value is -0.610. The summed E-state index contributed by atoms with van der Waals surface area (Å²) >= 11 is 0. The Morgan fingerprint density at radius 1 is 1.33 bits per heavy atom. The monoisotopic (exact) mass is 254 g/mol. The van der Waals surface area contributed by atoms with Crippen molar-refractivity contribution < 1.29 is 9.53 Å². The Morgan fingerprint density at radius 2 is 1.94 bits per heavy atom. The maximum atomic E-state index is 12.2. The average Bonchev–Trinajstić information content (AvgIpc) is 2.38. The van der Waals surface area contributed by atoms with E-state index in [1.54, 1.807) is 0 Å². The van der Waals surface area contributed by atoms with E-state index in [2.05, 4.69) is 17.3 Å². The molecule has 2 aliphatic heterocycles. The predicted octanol–water partition coefficient (Wildman–Crippen LogP) is 1.26. The molecule has 0 amide bonds. The number of hydrogen-bond donors (Lipinski definition) is 1. The summed E-state index contributed by atoms with van der Waals surface area (Å²) in [5.74, 6) is 0.582. The van der Waals surface area contributed by atoms with Crippen molar-refractivity contribution in [3.63, 3.8) is 0 Å². The van der Waals surface area contributed by atoms with E-state index in [1.807, 2.05) is 6.92 Å². The Balaban J connectivity index is 1.74. The van der Waals surface area contributed by atoms with Gasteiger partial charge in [0.1, 0.15) is 0 Å². The molecule has 2 saturated heterocycles. The summed E-state index contributed by atoms with van der Waals surface area (Å²) in [7, 11) is 2.15. The van der Waals surface area contributed by atoms with E-state index in [9.17, 15) is 4.79 Å². The van der Waals surface area contributed by atoms with Crippen molar-refractivity contribution in [3.05, 3.63) is 0 Å². The quantitative estimate of drug-likeness (QED) is 0.770. The number of nitrogens with zero attached hydrogens (tertiary/aromatic N) is 1. The van der Waals surface area contributed by atoms with Crippen LogP contribution < -0.4 is 5.32 Å². The van der Waals surface area contributed by atoms with Crippen molar-refractivity contribution in [1.29, 1.82) is 0 Å². The molecule has 2 fully saturated rings. The molecule has 4 nitrogen and oxygen atoms in total. The molecule has 0 radical (unpaired) electrons. The van der Waals surface area contributed by atoms with Crippen LogP contribution in [0.2, 0.25) is 0 Å². The molecular weight excluding hydrogens is 228 g/mol. The Kier molecular flexibility index (Phi) is 4.62. The van der Waals surface area contributed by atoms with Crippen molar-refractivity contribution in [2.75, 3.05) is 39.8 Å². The van der Waals surface area contributed by atoms with Gasteiger partial charge in [-0.05, 0) is 71.8 Å². The van der Waals surface area contributed by atoms with E-state index in [1.165, 1.54) is 0 Å². The molecule has 0 unspecified atom stereocenters. The maximum absolute atomic E-state index is 12.2. The second-order valence-electron chi connectivity index (χ2n) is 6.16. The molecule has 0 aromatic heterocycles. The zero-order chi connectivity index (χ0) is 13.0. The van der Waals surface area contributed by atoms with Gasteiger partial charge in [-0.2, -0.15) is 0 Å². The molecular formula is C14H26N2O2. The molecule has 4 heteroatoms. The number of rotatable bonds is 3. The second kappa shape index (κ2) is 6.02. The first-order valence-corrected chi connectivity index (χ1v) is 7.17. The van der Waals surface area contributed by atoms with Crippen molar-refractivity contribution in [1.82, 2.24) is 10.2 Å². The second-order valence-corrected chi connectivity index (χ2v) is 6.16. The number of esters is 1. The number of ether oxygens (including phenoxy) is 1. The Morgan fingerprint density at radius 3 is 2.56 bits per heavy atom. The summed E-state index contributed by atoms with van der Waals surface area (Å²) in [6.07, 6.45) is 4.11. The highest BCUT2D eigenvalue weighted by atomic mass is 16.5. The lowest BCUT2D eigenvalue weighted by Crippen LogP contribution is -2.41. The van der Waals surface area contributed by atoms with Gasteiger partial charge in [0.25, 0.3) is 0 Å². The highest BCUT2D eigenvalue weighted by molar-refractivity contribution is 5.76. The predicted molar refractivity (Wildman–Crippen MR) is 71.4 cm³/mol. The van der Waals surface area contributed by atoms with Crippen molar-refractivity contribution in [3.8, 4) is 0 Å². The third-order valence-electron chi connectivity index (χ3n) is 4.49. The third-order valence-corrected chi connectivity index (χ3v) is 4.49. The number of carbonyl (C=O) groups excluding carboxylic acids is 1. The SMILES string of the molecule is CN1CCC(COC(=O)C2(C)CCNCC2)CC1. The van der Waals surface area contributed by atoms with E-state index in [0.29, 0.717) is 12.5 Å². The molecule has 0 atom stereocenters. The van der Waals surface area contributed by atoms with Gasteiger partial charge in [0.15, 0.2) is 0 Å². The summed E-state index contributed by atoms with van der Waals surface area (Å²) in [6, 6.07) is 0. The van der Waals surface area contributed by atoms with E-state index < -0.39 is 0 Å². The molecule has 0 bridgehead atoms. The van der Waals surface area contributed by atoms with Crippen LogP contribution in [0.4, 0.5) is 0 Å². The summed E-state index contributed by atoms with van der Waals surface area (Å²) in [5, 5.41) is 3.29. The van der Waals surface area contributed by atoms with Crippen LogP contribution in [0.1, 0.15) is 32.6 Å². The molecule has 0 saturated carbocycles. The number of piperidine rings is 2. The third kappa shape index (κ3) is 3.45. The zero-order valence-corrected chi connectivity index (χ0v) is 11.7. The molecule has 2 rings (SSSR count). The summed E-state index contributed by atoms with van der Waals surface area (Å²) < 4.78 is 5.57. The largest absolute Gasteiger partial charge is 0.465 e. The minimum absolute atomic E-state index is 0.0166. The summed E-state index contributed by atoms with van der Waals surface area (Å²) in [5.41, 5.74) is -0.253. The fourth-order valence-electron chi connectivity index (χ4n) is 2.78. The Labute approximate surface area is 110 Å². The highest BCUT2D eigenvalue weighted by Gasteiger charge is 2.36. The maximum Gasteiger partial charge on any atom is 0.311 e. The number of nitrogens with one attached hydrogen (secondary N) is 1. The van der Waals surface area contributed by atoms with Gasteiger partial charge in [0, 0.05) is 0 Å².